The van der Waals surface area contributed by atoms with Crippen LogP contribution in [0.25, 0.3) is 21.5 Å². The molecular formula is C19H24N2S. The van der Waals surface area contributed by atoms with Crippen LogP contribution in [0, 0.1) is 20.8 Å². The SMILES string of the molecule is Cc1ccsc1-c1[nH]c2c(C)c(C)ccc2c1CCCCN. The first-order valence-corrected chi connectivity index (χ1v) is 8.86. The van der Waals surface area contributed by atoms with Crippen molar-refractivity contribution in [2.45, 2.75) is 40.0 Å². The van der Waals surface area contributed by atoms with Gasteiger partial charge in [0.15, 0.2) is 0 Å². The summed E-state index contributed by atoms with van der Waals surface area (Å²) in [5.74, 6) is 0. The molecule has 0 amide bonds. The van der Waals surface area contributed by atoms with E-state index in [0.717, 1.165) is 25.8 Å². The second-order valence-electron chi connectivity index (χ2n) is 6.09. The number of thiophene rings is 1. The zero-order chi connectivity index (χ0) is 15.7. The molecule has 0 bridgehead atoms. The van der Waals surface area contributed by atoms with E-state index in [9.17, 15) is 0 Å². The summed E-state index contributed by atoms with van der Waals surface area (Å²) < 4.78 is 0. The van der Waals surface area contributed by atoms with Gasteiger partial charge in [-0.1, -0.05) is 12.1 Å². The second kappa shape index (κ2) is 6.27. The zero-order valence-corrected chi connectivity index (χ0v) is 14.4. The number of nitrogens with one attached hydrogen (secondary N) is 1. The van der Waals surface area contributed by atoms with Crippen molar-refractivity contribution >= 4 is 22.2 Å². The molecule has 2 aromatic heterocycles. The maximum absolute atomic E-state index is 5.68. The van der Waals surface area contributed by atoms with Crippen molar-refractivity contribution in [3.63, 3.8) is 0 Å². The molecule has 0 unspecified atom stereocenters. The van der Waals surface area contributed by atoms with Gasteiger partial charge < -0.3 is 10.7 Å². The van der Waals surface area contributed by atoms with Gasteiger partial charge >= 0.3 is 0 Å². The molecule has 2 heterocycles. The number of fused-ring (bicyclic) bond motifs is 1. The van der Waals surface area contributed by atoms with Crippen molar-refractivity contribution in [3.05, 3.63) is 45.8 Å². The highest BCUT2D eigenvalue weighted by Crippen LogP contribution is 2.37. The lowest BCUT2D eigenvalue weighted by molar-refractivity contribution is 0.748. The van der Waals surface area contributed by atoms with Gasteiger partial charge in [-0.2, -0.15) is 0 Å². The van der Waals surface area contributed by atoms with E-state index in [2.05, 4.69) is 49.3 Å². The molecule has 116 valence electrons. The van der Waals surface area contributed by atoms with Gasteiger partial charge in [-0.15, -0.1) is 11.3 Å². The predicted octanol–water partition coefficient (Wildman–Crippen LogP) is 5.10. The lowest BCUT2D eigenvalue weighted by Crippen LogP contribution is -1.99. The fraction of sp³-hybridized carbons (Fsp3) is 0.368. The minimum absolute atomic E-state index is 0.772. The molecule has 0 aliphatic rings. The summed E-state index contributed by atoms with van der Waals surface area (Å²) in [7, 11) is 0. The van der Waals surface area contributed by atoms with Gasteiger partial charge in [-0.3, -0.25) is 0 Å². The maximum Gasteiger partial charge on any atom is 0.0601 e. The van der Waals surface area contributed by atoms with E-state index in [1.807, 2.05) is 11.3 Å². The smallest absolute Gasteiger partial charge is 0.0601 e. The summed E-state index contributed by atoms with van der Waals surface area (Å²) in [6.07, 6.45) is 3.32. The Hall–Kier alpha value is -1.58. The molecule has 3 N–H and O–H groups in total. The van der Waals surface area contributed by atoms with E-state index in [4.69, 9.17) is 5.73 Å². The minimum atomic E-state index is 0.772. The van der Waals surface area contributed by atoms with Crippen LogP contribution in [-0.4, -0.2) is 11.5 Å². The predicted molar refractivity (Wildman–Crippen MR) is 97.8 cm³/mol. The number of unbranched alkanes of at least 4 members (excludes halogenated alkanes) is 1. The molecule has 0 aliphatic carbocycles. The van der Waals surface area contributed by atoms with E-state index >= 15 is 0 Å². The lowest BCUT2D eigenvalue weighted by Gasteiger charge is -2.05. The van der Waals surface area contributed by atoms with Gasteiger partial charge in [-0.25, -0.2) is 0 Å². The normalized spacial score (nSPS) is 11.5. The van der Waals surface area contributed by atoms with Gasteiger partial charge in [0.25, 0.3) is 0 Å². The maximum atomic E-state index is 5.68. The van der Waals surface area contributed by atoms with E-state index in [1.165, 1.54) is 43.7 Å². The number of aryl methyl sites for hydroxylation is 4. The third-order valence-electron chi connectivity index (χ3n) is 4.58. The fourth-order valence-electron chi connectivity index (χ4n) is 3.09. The summed E-state index contributed by atoms with van der Waals surface area (Å²) >= 11 is 1.83. The van der Waals surface area contributed by atoms with Crippen LogP contribution in [-0.2, 0) is 6.42 Å². The number of aromatic amines is 1. The molecule has 0 saturated carbocycles. The Morgan fingerprint density at radius 1 is 1.05 bits per heavy atom. The Morgan fingerprint density at radius 2 is 1.86 bits per heavy atom. The Labute approximate surface area is 136 Å². The van der Waals surface area contributed by atoms with Crippen molar-refractivity contribution in [1.82, 2.24) is 4.98 Å². The number of H-pyrrole nitrogens is 1. The Bertz CT molecular complexity index is 795. The van der Waals surface area contributed by atoms with Crippen LogP contribution in [0.3, 0.4) is 0 Å². The fourth-order valence-corrected chi connectivity index (χ4v) is 4.05. The molecule has 0 radical (unpaired) electrons. The van der Waals surface area contributed by atoms with Crippen molar-refractivity contribution in [2.75, 3.05) is 6.54 Å². The standard InChI is InChI=1S/C19H24N2S/c1-12-7-8-16-15(6-4-5-10-20)18(21-17(16)14(12)3)19-13(2)9-11-22-19/h7-9,11,21H,4-6,10,20H2,1-3H3. The van der Waals surface area contributed by atoms with E-state index in [0.29, 0.717) is 0 Å². The summed E-state index contributed by atoms with van der Waals surface area (Å²) in [6, 6.07) is 6.72. The third-order valence-corrected chi connectivity index (χ3v) is 5.62. The van der Waals surface area contributed by atoms with Gasteiger partial charge in [0.05, 0.1) is 10.6 Å². The molecule has 3 rings (SSSR count). The molecule has 22 heavy (non-hydrogen) atoms. The zero-order valence-electron chi connectivity index (χ0n) is 13.6. The van der Waals surface area contributed by atoms with Crippen LogP contribution in [0.5, 0.6) is 0 Å². The number of rotatable bonds is 5. The minimum Gasteiger partial charge on any atom is -0.353 e. The first kappa shape index (κ1) is 15.3. The molecule has 1 aromatic carbocycles. The number of hydrogen-bond acceptors (Lipinski definition) is 2. The van der Waals surface area contributed by atoms with Crippen LogP contribution < -0.4 is 5.73 Å². The van der Waals surface area contributed by atoms with Crippen LogP contribution in [0.1, 0.15) is 35.1 Å². The van der Waals surface area contributed by atoms with Crippen LogP contribution in [0.2, 0.25) is 0 Å². The Morgan fingerprint density at radius 3 is 2.55 bits per heavy atom. The Balaban J connectivity index is 2.19. The topological polar surface area (TPSA) is 41.8 Å². The lowest BCUT2D eigenvalue weighted by atomic mass is 10.00. The van der Waals surface area contributed by atoms with Crippen molar-refractivity contribution in [1.29, 1.82) is 0 Å². The third kappa shape index (κ3) is 2.59. The monoisotopic (exact) mass is 312 g/mol. The highest BCUT2D eigenvalue weighted by Gasteiger charge is 2.17. The molecule has 3 heteroatoms. The summed E-state index contributed by atoms with van der Waals surface area (Å²) in [6.45, 7) is 7.36. The largest absolute Gasteiger partial charge is 0.353 e. The molecule has 3 aromatic rings. The van der Waals surface area contributed by atoms with E-state index in [1.54, 1.807) is 0 Å². The molecule has 2 nitrogen and oxygen atoms in total. The molecule has 0 atom stereocenters. The first-order chi connectivity index (χ1) is 10.6. The Kier molecular flexibility index (Phi) is 4.37. The number of nitrogens with two attached hydrogens (primary N) is 1. The summed E-state index contributed by atoms with van der Waals surface area (Å²) in [5, 5.41) is 3.56. The highest BCUT2D eigenvalue weighted by molar-refractivity contribution is 7.13. The van der Waals surface area contributed by atoms with Crippen LogP contribution in [0.4, 0.5) is 0 Å². The van der Waals surface area contributed by atoms with Crippen LogP contribution >= 0.6 is 11.3 Å². The highest BCUT2D eigenvalue weighted by atomic mass is 32.1. The summed E-state index contributed by atoms with van der Waals surface area (Å²) in [5.41, 5.74) is 13.8. The average molecular weight is 312 g/mol. The molecule has 0 aliphatic heterocycles. The average Bonchev–Trinajstić information content (AvgIpc) is 3.07. The number of benzene rings is 1. The quantitative estimate of drug-likeness (QED) is 0.632. The van der Waals surface area contributed by atoms with Gasteiger partial charge in [0, 0.05) is 10.9 Å². The van der Waals surface area contributed by atoms with Gasteiger partial charge in [0.2, 0.25) is 0 Å². The van der Waals surface area contributed by atoms with Crippen LogP contribution in [0.15, 0.2) is 23.6 Å². The molecular weight excluding hydrogens is 288 g/mol. The van der Waals surface area contributed by atoms with Gasteiger partial charge in [0.1, 0.15) is 0 Å². The van der Waals surface area contributed by atoms with Gasteiger partial charge in [-0.05, 0) is 80.3 Å². The molecule has 0 spiro atoms. The summed E-state index contributed by atoms with van der Waals surface area (Å²) in [4.78, 5) is 5.09. The van der Waals surface area contributed by atoms with Crippen molar-refractivity contribution in [3.8, 4) is 10.6 Å². The second-order valence-corrected chi connectivity index (χ2v) is 7.00. The van der Waals surface area contributed by atoms with E-state index < -0.39 is 0 Å². The van der Waals surface area contributed by atoms with Crippen molar-refractivity contribution in [2.24, 2.45) is 5.73 Å². The first-order valence-electron chi connectivity index (χ1n) is 7.98. The molecule has 0 fully saturated rings. The molecule has 0 saturated heterocycles. The number of hydrogen-bond donors (Lipinski definition) is 2. The van der Waals surface area contributed by atoms with E-state index in [-0.39, 0.29) is 0 Å². The number of aromatic nitrogens is 1. The van der Waals surface area contributed by atoms with Crippen molar-refractivity contribution < 1.29 is 0 Å².